The first-order valence-electron chi connectivity index (χ1n) is 5.05. The largest absolute Gasteiger partial charge is 0.469 e. The van der Waals surface area contributed by atoms with E-state index in [1.165, 1.54) is 0 Å². The maximum Gasteiger partial charge on any atom is 0.154 e. The van der Waals surface area contributed by atoms with Crippen LogP contribution in [0.15, 0.2) is 22.8 Å². The number of carbonyl (C=O) groups is 1. The molecular formula is C11H14O2S2. The van der Waals surface area contributed by atoms with E-state index in [-0.39, 0.29) is 5.25 Å². The minimum absolute atomic E-state index is 0.147. The fourth-order valence-corrected chi connectivity index (χ4v) is 4.41. The quantitative estimate of drug-likeness (QED) is 0.815. The average Bonchev–Trinajstić information content (AvgIpc) is 2.71. The summed E-state index contributed by atoms with van der Waals surface area (Å²) in [6, 6.07) is 3.69. The smallest absolute Gasteiger partial charge is 0.154 e. The summed E-state index contributed by atoms with van der Waals surface area (Å²) < 4.78 is 5.19. The van der Waals surface area contributed by atoms with Crippen molar-refractivity contribution in [2.45, 2.75) is 23.8 Å². The van der Waals surface area contributed by atoms with Crippen LogP contribution >= 0.6 is 23.5 Å². The van der Waals surface area contributed by atoms with Crippen molar-refractivity contribution in [3.63, 3.8) is 0 Å². The van der Waals surface area contributed by atoms with Gasteiger partial charge in [-0.25, -0.2) is 0 Å². The van der Waals surface area contributed by atoms with Gasteiger partial charge in [0, 0.05) is 16.8 Å². The number of carbonyl (C=O) groups excluding carboxylic acids is 1. The van der Waals surface area contributed by atoms with Crippen LogP contribution in [-0.4, -0.2) is 27.8 Å². The molecule has 82 valence electrons. The van der Waals surface area contributed by atoms with E-state index in [9.17, 15) is 4.79 Å². The predicted octanol–water partition coefficient (Wildman–Crippen LogP) is 2.63. The SMILES string of the molecule is CC1SCCSC1C(=O)Cc1ccco1. The maximum absolute atomic E-state index is 12.0. The summed E-state index contributed by atoms with van der Waals surface area (Å²) in [6.45, 7) is 2.14. The van der Waals surface area contributed by atoms with E-state index in [2.05, 4.69) is 6.92 Å². The highest BCUT2D eigenvalue weighted by Gasteiger charge is 2.29. The summed E-state index contributed by atoms with van der Waals surface area (Å²) in [5.74, 6) is 3.33. The Morgan fingerprint density at radius 3 is 3.00 bits per heavy atom. The molecule has 0 amide bonds. The van der Waals surface area contributed by atoms with Gasteiger partial charge >= 0.3 is 0 Å². The molecule has 0 N–H and O–H groups in total. The summed E-state index contributed by atoms with van der Waals surface area (Å²) in [6.07, 6.45) is 2.06. The van der Waals surface area contributed by atoms with Crippen LogP contribution in [0.2, 0.25) is 0 Å². The van der Waals surface area contributed by atoms with Crippen molar-refractivity contribution in [3.05, 3.63) is 24.2 Å². The predicted molar refractivity (Wildman–Crippen MR) is 65.6 cm³/mol. The Morgan fingerprint density at radius 1 is 1.53 bits per heavy atom. The second-order valence-electron chi connectivity index (χ2n) is 3.59. The van der Waals surface area contributed by atoms with Gasteiger partial charge in [-0.05, 0) is 12.1 Å². The van der Waals surface area contributed by atoms with Gasteiger partial charge in [-0.2, -0.15) is 11.8 Å². The molecule has 0 radical (unpaired) electrons. The molecule has 15 heavy (non-hydrogen) atoms. The maximum atomic E-state index is 12.0. The van der Waals surface area contributed by atoms with Gasteiger partial charge in [0.05, 0.1) is 17.9 Å². The Balaban J connectivity index is 1.95. The van der Waals surface area contributed by atoms with Crippen molar-refractivity contribution in [1.82, 2.24) is 0 Å². The third-order valence-corrected chi connectivity index (χ3v) is 5.57. The van der Waals surface area contributed by atoms with Crippen LogP contribution in [-0.2, 0) is 11.2 Å². The van der Waals surface area contributed by atoms with Crippen molar-refractivity contribution in [2.75, 3.05) is 11.5 Å². The molecular weight excluding hydrogens is 228 g/mol. The second kappa shape index (κ2) is 5.12. The average molecular weight is 242 g/mol. The van der Waals surface area contributed by atoms with Gasteiger partial charge in [0.15, 0.2) is 5.78 Å². The van der Waals surface area contributed by atoms with E-state index in [0.717, 1.165) is 17.3 Å². The Kier molecular flexibility index (Phi) is 3.81. The molecule has 0 saturated carbocycles. The molecule has 4 heteroatoms. The van der Waals surface area contributed by atoms with E-state index in [4.69, 9.17) is 4.42 Å². The molecule has 0 aliphatic carbocycles. The fraction of sp³-hybridized carbons (Fsp3) is 0.545. The van der Waals surface area contributed by atoms with Crippen LogP contribution in [0.3, 0.4) is 0 Å². The molecule has 2 nitrogen and oxygen atoms in total. The van der Waals surface area contributed by atoms with Crippen LogP contribution < -0.4 is 0 Å². The highest BCUT2D eigenvalue weighted by atomic mass is 32.2. The lowest BCUT2D eigenvalue weighted by Gasteiger charge is -2.26. The van der Waals surface area contributed by atoms with Gasteiger partial charge in [0.25, 0.3) is 0 Å². The molecule has 2 heterocycles. The molecule has 1 aromatic rings. The molecule has 2 atom stereocenters. The van der Waals surface area contributed by atoms with Crippen LogP contribution in [0, 0.1) is 0 Å². The first-order chi connectivity index (χ1) is 7.27. The van der Waals surface area contributed by atoms with Crippen LogP contribution in [0.5, 0.6) is 0 Å². The minimum atomic E-state index is 0.147. The Bertz CT molecular complexity index is 321. The van der Waals surface area contributed by atoms with Gasteiger partial charge in [-0.1, -0.05) is 6.92 Å². The van der Waals surface area contributed by atoms with E-state index >= 15 is 0 Å². The Labute approximate surface area is 98.2 Å². The number of ketones is 1. The molecule has 1 aliphatic heterocycles. The summed E-state index contributed by atoms with van der Waals surface area (Å²) in [5, 5.41) is 0.583. The second-order valence-corrected chi connectivity index (χ2v) is 6.32. The van der Waals surface area contributed by atoms with Gasteiger partial charge < -0.3 is 4.42 Å². The number of rotatable bonds is 3. The highest BCUT2D eigenvalue weighted by molar-refractivity contribution is 8.07. The molecule has 1 saturated heterocycles. The number of Topliss-reactive ketones (excluding diaryl/α,β-unsaturated/α-hetero) is 1. The van der Waals surface area contributed by atoms with Gasteiger partial charge in [-0.15, -0.1) is 11.8 Å². The summed E-state index contributed by atoms with van der Waals surface area (Å²) >= 11 is 3.68. The van der Waals surface area contributed by atoms with E-state index < -0.39 is 0 Å². The number of hydrogen-bond donors (Lipinski definition) is 0. The summed E-state index contributed by atoms with van der Waals surface area (Å²) in [5.41, 5.74) is 0. The van der Waals surface area contributed by atoms with Crippen LogP contribution in [0.1, 0.15) is 12.7 Å². The molecule has 1 aromatic heterocycles. The zero-order valence-corrected chi connectivity index (χ0v) is 10.3. The normalized spacial score (nSPS) is 26.5. The number of hydrogen-bond acceptors (Lipinski definition) is 4. The lowest BCUT2D eigenvalue weighted by molar-refractivity contribution is -0.118. The molecule has 2 rings (SSSR count). The van der Waals surface area contributed by atoms with E-state index in [1.807, 2.05) is 23.9 Å². The summed E-state index contributed by atoms with van der Waals surface area (Å²) in [4.78, 5) is 12.0. The minimum Gasteiger partial charge on any atom is -0.469 e. The van der Waals surface area contributed by atoms with E-state index in [1.54, 1.807) is 18.0 Å². The monoisotopic (exact) mass is 242 g/mol. The zero-order valence-electron chi connectivity index (χ0n) is 8.64. The summed E-state index contributed by atoms with van der Waals surface area (Å²) in [7, 11) is 0. The Hall–Kier alpha value is -0.350. The fourth-order valence-electron chi connectivity index (χ4n) is 1.67. The molecule has 0 aromatic carbocycles. The first-order valence-corrected chi connectivity index (χ1v) is 7.15. The number of furan rings is 1. The zero-order chi connectivity index (χ0) is 10.7. The molecule has 1 fully saturated rings. The van der Waals surface area contributed by atoms with Crippen molar-refractivity contribution >= 4 is 29.3 Å². The number of thioether (sulfide) groups is 2. The van der Waals surface area contributed by atoms with Crippen molar-refractivity contribution in [2.24, 2.45) is 0 Å². The van der Waals surface area contributed by atoms with E-state index in [0.29, 0.717) is 17.5 Å². The topological polar surface area (TPSA) is 30.2 Å². The van der Waals surface area contributed by atoms with Crippen LogP contribution in [0.25, 0.3) is 0 Å². The highest BCUT2D eigenvalue weighted by Crippen LogP contribution is 2.32. The molecule has 1 aliphatic rings. The molecule has 2 unspecified atom stereocenters. The molecule has 0 spiro atoms. The van der Waals surface area contributed by atoms with Crippen molar-refractivity contribution < 1.29 is 9.21 Å². The van der Waals surface area contributed by atoms with Crippen LogP contribution in [0.4, 0.5) is 0 Å². The third kappa shape index (κ3) is 2.82. The lowest BCUT2D eigenvalue weighted by Crippen LogP contribution is -2.32. The first kappa shape index (κ1) is 11.1. The van der Waals surface area contributed by atoms with Crippen molar-refractivity contribution in [3.8, 4) is 0 Å². The molecule has 0 bridgehead atoms. The lowest BCUT2D eigenvalue weighted by atomic mass is 10.1. The standard InChI is InChI=1S/C11H14O2S2/c1-8-11(15-6-5-14-8)10(12)7-9-3-2-4-13-9/h2-4,8,11H,5-7H2,1H3. The van der Waals surface area contributed by atoms with Crippen molar-refractivity contribution in [1.29, 1.82) is 0 Å². The van der Waals surface area contributed by atoms with Gasteiger partial charge in [-0.3, -0.25) is 4.79 Å². The third-order valence-electron chi connectivity index (χ3n) is 2.43. The van der Waals surface area contributed by atoms with Gasteiger partial charge in [0.2, 0.25) is 0 Å². The Morgan fingerprint density at radius 2 is 2.33 bits per heavy atom. The van der Waals surface area contributed by atoms with Gasteiger partial charge in [0.1, 0.15) is 5.76 Å².